The zero-order valence-electron chi connectivity index (χ0n) is 9.73. The highest BCUT2D eigenvalue weighted by atomic mass is 35.5. The maximum absolute atomic E-state index is 13.0. The van der Waals surface area contributed by atoms with Gasteiger partial charge in [0.1, 0.15) is 0 Å². The first-order chi connectivity index (χ1) is 8.11. The van der Waals surface area contributed by atoms with Gasteiger partial charge in [0.25, 0.3) is 5.91 Å². The molecule has 1 unspecified atom stereocenters. The number of carbonyl (C=O) groups excluding carboxylic acids is 1. The molecule has 2 N–H and O–H groups in total. The summed E-state index contributed by atoms with van der Waals surface area (Å²) in [5, 5.41) is 0. The molecular weight excluding hydrogens is 262 g/mol. The first-order valence-electron chi connectivity index (χ1n) is 5.56. The van der Waals surface area contributed by atoms with E-state index in [9.17, 15) is 13.6 Å². The molecule has 0 bridgehead atoms. The van der Waals surface area contributed by atoms with Gasteiger partial charge < -0.3 is 10.6 Å². The van der Waals surface area contributed by atoms with Gasteiger partial charge in [0, 0.05) is 18.7 Å². The summed E-state index contributed by atoms with van der Waals surface area (Å²) in [5.41, 5.74) is 5.71. The number of halogens is 3. The van der Waals surface area contributed by atoms with Gasteiger partial charge in [-0.3, -0.25) is 4.79 Å². The Labute approximate surface area is 110 Å². The number of carbonyl (C=O) groups is 1. The summed E-state index contributed by atoms with van der Waals surface area (Å²) in [6, 6.07) is 3.21. The average molecular weight is 277 g/mol. The fraction of sp³-hybridized carbons (Fsp3) is 0.417. The normalized spacial score (nSPS) is 18.6. The second-order valence-corrected chi connectivity index (χ2v) is 4.27. The molecule has 1 amide bonds. The molecule has 1 aromatic carbocycles. The maximum atomic E-state index is 13.0. The third kappa shape index (κ3) is 2.97. The summed E-state index contributed by atoms with van der Waals surface area (Å²) in [6.07, 6.45) is 0.867. The van der Waals surface area contributed by atoms with Crippen LogP contribution in [0.3, 0.4) is 0 Å². The maximum Gasteiger partial charge on any atom is 0.253 e. The minimum Gasteiger partial charge on any atom is -0.338 e. The summed E-state index contributed by atoms with van der Waals surface area (Å²) in [6.45, 7) is 1.76. The third-order valence-electron chi connectivity index (χ3n) is 3.07. The Morgan fingerprint density at radius 2 is 2.11 bits per heavy atom. The number of hydrogen-bond acceptors (Lipinski definition) is 2. The van der Waals surface area contributed by atoms with Gasteiger partial charge >= 0.3 is 0 Å². The average Bonchev–Trinajstić information content (AvgIpc) is 2.80. The third-order valence-corrected chi connectivity index (χ3v) is 3.07. The molecular formula is C12H15ClF2N2O. The van der Waals surface area contributed by atoms with Crippen molar-refractivity contribution in [3.05, 3.63) is 35.4 Å². The number of benzene rings is 1. The fourth-order valence-electron chi connectivity index (χ4n) is 2.02. The molecule has 0 aromatic heterocycles. The summed E-state index contributed by atoms with van der Waals surface area (Å²) in [4.78, 5) is 13.6. The van der Waals surface area contributed by atoms with Gasteiger partial charge in [0.15, 0.2) is 11.6 Å². The molecule has 1 aromatic rings. The van der Waals surface area contributed by atoms with Gasteiger partial charge in [-0.1, -0.05) is 0 Å². The van der Waals surface area contributed by atoms with Crippen LogP contribution in [0, 0.1) is 17.6 Å². The molecule has 18 heavy (non-hydrogen) atoms. The first-order valence-corrected chi connectivity index (χ1v) is 5.56. The second kappa shape index (κ2) is 6.11. The van der Waals surface area contributed by atoms with E-state index in [1.807, 2.05) is 0 Å². The molecule has 1 atom stereocenters. The Bertz CT molecular complexity index is 442. The van der Waals surface area contributed by atoms with Gasteiger partial charge in [-0.2, -0.15) is 0 Å². The van der Waals surface area contributed by atoms with Crippen molar-refractivity contribution < 1.29 is 13.6 Å². The van der Waals surface area contributed by atoms with Gasteiger partial charge in [-0.25, -0.2) is 8.78 Å². The van der Waals surface area contributed by atoms with Crippen LogP contribution in [0.4, 0.5) is 8.78 Å². The predicted molar refractivity (Wildman–Crippen MR) is 66.7 cm³/mol. The Kier molecular flexibility index (Phi) is 5.04. The number of rotatable bonds is 2. The van der Waals surface area contributed by atoms with E-state index in [0.29, 0.717) is 25.6 Å². The number of hydrogen-bond donors (Lipinski definition) is 1. The zero-order valence-corrected chi connectivity index (χ0v) is 10.6. The predicted octanol–water partition coefficient (Wildman–Crippen LogP) is 1.81. The summed E-state index contributed by atoms with van der Waals surface area (Å²) in [7, 11) is 0. The molecule has 0 spiro atoms. The van der Waals surface area contributed by atoms with Crippen molar-refractivity contribution in [1.82, 2.24) is 4.90 Å². The van der Waals surface area contributed by atoms with E-state index in [2.05, 4.69) is 0 Å². The van der Waals surface area contributed by atoms with E-state index in [4.69, 9.17) is 5.73 Å². The number of likely N-dealkylation sites (tertiary alicyclic amines) is 1. The molecule has 1 aliphatic rings. The molecule has 1 heterocycles. The fourth-order valence-corrected chi connectivity index (χ4v) is 2.02. The van der Waals surface area contributed by atoms with Crippen LogP contribution in [0.5, 0.6) is 0 Å². The molecule has 6 heteroatoms. The van der Waals surface area contributed by atoms with Crippen molar-refractivity contribution in [1.29, 1.82) is 0 Å². The van der Waals surface area contributed by atoms with Gasteiger partial charge in [-0.05, 0) is 37.1 Å². The lowest BCUT2D eigenvalue weighted by Crippen LogP contribution is -2.29. The Hall–Kier alpha value is -1.20. The van der Waals surface area contributed by atoms with E-state index in [0.717, 1.165) is 18.6 Å². The summed E-state index contributed by atoms with van der Waals surface area (Å²) < 4.78 is 25.7. The van der Waals surface area contributed by atoms with Crippen LogP contribution in [0.1, 0.15) is 16.8 Å². The Balaban J connectivity index is 0.00000162. The monoisotopic (exact) mass is 276 g/mol. The topological polar surface area (TPSA) is 46.3 Å². The first kappa shape index (κ1) is 14.9. The lowest BCUT2D eigenvalue weighted by molar-refractivity contribution is 0.0787. The van der Waals surface area contributed by atoms with Crippen LogP contribution >= 0.6 is 12.4 Å². The van der Waals surface area contributed by atoms with Gasteiger partial charge in [-0.15, -0.1) is 12.4 Å². The lowest BCUT2D eigenvalue weighted by atomic mass is 10.1. The molecule has 0 aliphatic carbocycles. The number of nitrogens with two attached hydrogens (primary N) is 1. The van der Waals surface area contributed by atoms with E-state index in [-0.39, 0.29) is 23.9 Å². The highest BCUT2D eigenvalue weighted by Gasteiger charge is 2.26. The molecule has 100 valence electrons. The largest absolute Gasteiger partial charge is 0.338 e. The van der Waals surface area contributed by atoms with E-state index in [1.165, 1.54) is 6.07 Å². The van der Waals surface area contributed by atoms with Gasteiger partial charge in [0.2, 0.25) is 0 Å². The van der Waals surface area contributed by atoms with Crippen LogP contribution < -0.4 is 5.73 Å². The van der Waals surface area contributed by atoms with Gasteiger partial charge in [0.05, 0.1) is 0 Å². The van der Waals surface area contributed by atoms with E-state index >= 15 is 0 Å². The van der Waals surface area contributed by atoms with Crippen molar-refractivity contribution in [2.24, 2.45) is 11.7 Å². The molecule has 1 aliphatic heterocycles. The molecule has 0 saturated carbocycles. The number of amides is 1. The van der Waals surface area contributed by atoms with Crippen LogP contribution in [0.2, 0.25) is 0 Å². The molecule has 1 fully saturated rings. The van der Waals surface area contributed by atoms with Crippen LogP contribution in [-0.2, 0) is 0 Å². The van der Waals surface area contributed by atoms with Crippen LogP contribution in [0.15, 0.2) is 18.2 Å². The molecule has 1 saturated heterocycles. The van der Waals surface area contributed by atoms with Crippen molar-refractivity contribution in [3.8, 4) is 0 Å². The SMILES string of the molecule is Cl.NCC1CCN(C(=O)c2ccc(F)c(F)c2)C1. The van der Waals surface area contributed by atoms with Crippen molar-refractivity contribution in [2.45, 2.75) is 6.42 Å². The second-order valence-electron chi connectivity index (χ2n) is 4.27. The standard InChI is InChI=1S/C12H14F2N2O.ClH/c13-10-2-1-9(5-11(10)14)12(17)16-4-3-8(6-15)7-16;/h1-2,5,8H,3-4,6-7,15H2;1H. The van der Waals surface area contributed by atoms with Crippen molar-refractivity contribution in [3.63, 3.8) is 0 Å². The van der Waals surface area contributed by atoms with Crippen molar-refractivity contribution in [2.75, 3.05) is 19.6 Å². The highest BCUT2D eigenvalue weighted by Crippen LogP contribution is 2.18. The lowest BCUT2D eigenvalue weighted by Gasteiger charge is -2.16. The summed E-state index contributed by atoms with van der Waals surface area (Å²) in [5.74, 6) is -1.89. The van der Waals surface area contributed by atoms with Crippen LogP contribution in [0.25, 0.3) is 0 Å². The quantitative estimate of drug-likeness (QED) is 0.895. The van der Waals surface area contributed by atoms with Crippen molar-refractivity contribution >= 4 is 18.3 Å². The minimum atomic E-state index is -0.995. The highest BCUT2D eigenvalue weighted by molar-refractivity contribution is 5.94. The molecule has 3 nitrogen and oxygen atoms in total. The van der Waals surface area contributed by atoms with E-state index < -0.39 is 11.6 Å². The molecule has 2 rings (SSSR count). The van der Waals surface area contributed by atoms with Crippen LogP contribution in [-0.4, -0.2) is 30.4 Å². The zero-order chi connectivity index (χ0) is 12.4. The smallest absolute Gasteiger partial charge is 0.253 e. The Morgan fingerprint density at radius 3 is 2.67 bits per heavy atom. The number of nitrogens with zero attached hydrogens (tertiary/aromatic N) is 1. The summed E-state index contributed by atoms with van der Waals surface area (Å²) >= 11 is 0. The minimum absolute atomic E-state index is 0. The van der Waals surface area contributed by atoms with E-state index in [1.54, 1.807) is 4.90 Å². The Morgan fingerprint density at radius 1 is 1.39 bits per heavy atom. The molecule has 0 radical (unpaired) electrons.